The Hall–Kier alpha value is -1.94. The van der Waals surface area contributed by atoms with Crippen LogP contribution >= 0.6 is 0 Å². The van der Waals surface area contributed by atoms with Gasteiger partial charge in [0, 0.05) is 31.7 Å². The number of piperazine rings is 1. The Kier molecular flexibility index (Phi) is 5.28. The van der Waals surface area contributed by atoms with Gasteiger partial charge in [-0.2, -0.15) is 0 Å². The van der Waals surface area contributed by atoms with Crippen LogP contribution in [0.1, 0.15) is 15.9 Å². The highest BCUT2D eigenvalue weighted by Crippen LogP contribution is 2.10. The highest BCUT2D eigenvalue weighted by molar-refractivity contribution is 5.94. The predicted molar refractivity (Wildman–Crippen MR) is 78.9 cm³/mol. The number of nitrogens with one attached hydrogen (secondary N) is 1. The Bertz CT molecular complexity index is 571. The topological polar surface area (TPSA) is 61.6 Å². The van der Waals surface area contributed by atoms with Gasteiger partial charge in [-0.15, -0.1) is 0 Å². The molecule has 1 heterocycles. The Morgan fingerprint density at radius 1 is 1.38 bits per heavy atom. The molecule has 1 fully saturated rings. The van der Waals surface area contributed by atoms with Gasteiger partial charge in [-0.3, -0.25) is 10.2 Å². The molecular weight excluding hydrogens is 271 g/mol. The van der Waals surface area contributed by atoms with Gasteiger partial charge in [0.15, 0.2) is 0 Å². The fraction of sp³-hybridized carbons (Fsp3) is 0.400. The van der Waals surface area contributed by atoms with Crippen molar-refractivity contribution in [1.29, 1.82) is 0 Å². The lowest BCUT2D eigenvalue weighted by molar-refractivity contribution is 0.0662. The van der Waals surface area contributed by atoms with Crippen molar-refractivity contribution in [3.63, 3.8) is 0 Å². The van der Waals surface area contributed by atoms with Gasteiger partial charge in [-0.05, 0) is 25.2 Å². The minimum absolute atomic E-state index is 0.172. The van der Waals surface area contributed by atoms with E-state index in [1.165, 1.54) is 12.1 Å². The van der Waals surface area contributed by atoms with Crippen molar-refractivity contribution in [1.82, 2.24) is 15.3 Å². The average molecular weight is 290 g/mol. The van der Waals surface area contributed by atoms with Crippen molar-refractivity contribution < 1.29 is 9.18 Å². The molecule has 0 spiro atoms. The van der Waals surface area contributed by atoms with Crippen molar-refractivity contribution in [2.45, 2.75) is 0 Å². The van der Waals surface area contributed by atoms with Crippen molar-refractivity contribution >= 4 is 5.91 Å². The third-order valence-electron chi connectivity index (χ3n) is 3.32. The fourth-order valence-corrected chi connectivity index (χ4v) is 2.03. The van der Waals surface area contributed by atoms with Crippen LogP contribution in [0.3, 0.4) is 0 Å². The zero-order chi connectivity index (χ0) is 15.2. The molecule has 1 amide bonds. The largest absolute Gasteiger partial charge is 0.320 e. The van der Waals surface area contributed by atoms with Crippen molar-refractivity contribution in [2.24, 2.45) is 5.73 Å². The van der Waals surface area contributed by atoms with Gasteiger partial charge in [0.2, 0.25) is 0 Å². The predicted octanol–water partition coefficient (Wildman–Crippen LogP) is 0.0281. The van der Waals surface area contributed by atoms with Crippen LogP contribution in [0.4, 0.5) is 4.39 Å². The highest BCUT2D eigenvalue weighted by atomic mass is 19.1. The van der Waals surface area contributed by atoms with Crippen molar-refractivity contribution in [2.75, 3.05) is 39.8 Å². The number of amides is 1. The molecule has 0 aliphatic carbocycles. The van der Waals surface area contributed by atoms with Gasteiger partial charge >= 0.3 is 0 Å². The van der Waals surface area contributed by atoms with E-state index < -0.39 is 5.82 Å². The van der Waals surface area contributed by atoms with Crippen LogP contribution in [0.5, 0.6) is 0 Å². The summed E-state index contributed by atoms with van der Waals surface area (Å²) in [5.41, 5.74) is 8.57. The first-order valence-electron chi connectivity index (χ1n) is 6.83. The summed E-state index contributed by atoms with van der Waals surface area (Å²) in [6.07, 6.45) is 0. The molecule has 1 saturated heterocycles. The third kappa shape index (κ3) is 4.26. The molecule has 5 nitrogen and oxygen atoms in total. The summed E-state index contributed by atoms with van der Waals surface area (Å²) in [6.45, 7) is 3.46. The Labute approximate surface area is 123 Å². The molecule has 1 aromatic rings. The van der Waals surface area contributed by atoms with Gasteiger partial charge < -0.3 is 10.6 Å². The molecule has 0 atom stereocenters. The molecule has 21 heavy (non-hydrogen) atoms. The van der Waals surface area contributed by atoms with Gasteiger partial charge in [0.1, 0.15) is 5.82 Å². The van der Waals surface area contributed by atoms with Crippen LogP contribution in [0.15, 0.2) is 18.2 Å². The number of hydrogen-bond donors (Lipinski definition) is 2. The van der Waals surface area contributed by atoms with E-state index in [0.29, 0.717) is 0 Å². The number of carbonyl (C=O) groups excluding carboxylic acids is 1. The van der Waals surface area contributed by atoms with Crippen LogP contribution in [0, 0.1) is 17.7 Å². The number of hydrazine groups is 1. The number of hydrogen-bond acceptors (Lipinski definition) is 4. The second-order valence-electron chi connectivity index (χ2n) is 4.93. The number of rotatable bonds is 2. The number of nitrogens with zero attached hydrogens (tertiary/aromatic N) is 2. The maximum Gasteiger partial charge on any atom is 0.265 e. The number of carbonyl (C=O) groups is 1. The molecule has 1 aliphatic heterocycles. The first kappa shape index (κ1) is 15.4. The summed E-state index contributed by atoms with van der Waals surface area (Å²) >= 11 is 0. The molecular formula is C15H19FN4O. The van der Waals surface area contributed by atoms with E-state index >= 15 is 0 Å². The second-order valence-corrected chi connectivity index (χ2v) is 4.93. The minimum atomic E-state index is -0.512. The quantitative estimate of drug-likeness (QED) is 0.754. The smallest absolute Gasteiger partial charge is 0.265 e. The average Bonchev–Trinajstić information content (AvgIpc) is 2.48. The van der Waals surface area contributed by atoms with Crippen LogP contribution in [0.25, 0.3) is 0 Å². The van der Waals surface area contributed by atoms with Crippen LogP contribution < -0.4 is 11.2 Å². The fourth-order valence-electron chi connectivity index (χ4n) is 2.03. The van der Waals surface area contributed by atoms with Crippen LogP contribution in [0.2, 0.25) is 0 Å². The molecule has 2 rings (SSSR count). The lowest BCUT2D eigenvalue weighted by Crippen LogP contribution is -2.52. The summed E-state index contributed by atoms with van der Waals surface area (Å²) in [5, 5.41) is 1.85. The first-order chi connectivity index (χ1) is 10.1. The zero-order valence-corrected chi connectivity index (χ0v) is 12.0. The number of halogens is 1. The summed E-state index contributed by atoms with van der Waals surface area (Å²) in [7, 11) is 2.04. The van der Waals surface area contributed by atoms with Gasteiger partial charge in [0.25, 0.3) is 5.91 Å². The van der Waals surface area contributed by atoms with Crippen molar-refractivity contribution in [3.05, 3.63) is 35.1 Å². The molecule has 0 saturated carbocycles. The molecule has 0 aromatic heterocycles. The normalized spacial score (nSPS) is 16.1. The molecule has 0 bridgehead atoms. The number of benzene rings is 1. The Morgan fingerprint density at radius 3 is 2.71 bits per heavy atom. The molecule has 6 heteroatoms. The Balaban J connectivity index is 2.01. The molecule has 1 aliphatic rings. The summed E-state index contributed by atoms with van der Waals surface area (Å²) in [4.78, 5) is 14.3. The summed E-state index contributed by atoms with van der Waals surface area (Å²) in [5.74, 6) is 4.39. The summed E-state index contributed by atoms with van der Waals surface area (Å²) < 4.78 is 13.8. The van der Waals surface area contributed by atoms with Crippen LogP contribution in [-0.4, -0.2) is 55.6 Å². The molecule has 0 unspecified atom stereocenters. The maximum atomic E-state index is 13.8. The molecule has 1 aromatic carbocycles. The van der Waals surface area contributed by atoms with E-state index in [2.05, 4.69) is 22.2 Å². The van der Waals surface area contributed by atoms with E-state index in [4.69, 9.17) is 5.73 Å². The van der Waals surface area contributed by atoms with E-state index in [9.17, 15) is 9.18 Å². The Morgan fingerprint density at radius 2 is 2.10 bits per heavy atom. The van der Waals surface area contributed by atoms with Crippen LogP contribution in [-0.2, 0) is 0 Å². The molecule has 3 N–H and O–H groups in total. The van der Waals surface area contributed by atoms with E-state index in [0.717, 1.165) is 26.2 Å². The highest BCUT2D eigenvalue weighted by Gasteiger charge is 2.17. The van der Waals surface area contributed by atoms with Gasteiger partial charge in [-0.25, -0.2) is 9.40 Å². The van der Waals surface area contributed by atoms with Gasteiger partial charge in [-0.1, -0.05) is 11.8 Å². The number of likely N-dealkylation sites (N-methyl/N-ethyl adjacent to an activating group) is 1. The third-order valence-corrected chi connectivity index (χ3v) is 3.32. The lowest BCUT2D eigenvalue weighted by atomic mass is 10.1. The number of nitrogens with two attached hydrogens (primary N) is 1. The molecule has 0 radical (unpaired) electrons. The zero-order valence-electron chi connectivity index (χ0n) is 12.0. The molecule has 112 valence electrons. The monoisotopic (exact) mass is 290 g/mol. The first-order valence-corrected chi connectivity index (χ1v) is 6.83. The summed E-state index contributed by atoms with van der Waals surface area (Å²) in [6, 6.07) is 4.26. The lowest BCUT2D eigenvalue weighted by Gasteiger charge is -2.32. The van der Waals surface area contributed by atoms with E-state index in [1.54, 1.807) is 6.07 Å². The van der Waals surface area contributed by atoms with Crippen molar-refractivity contribution in [3.8, 4) is 11.8 Å². The second kappa shape index (κ2) is 7.18. The van der Waals surface area contributed by atoms with E-state index in [-0.39, 0.29) is 23.6 Å². The van der Waals surface area contributed by atoms with E-state index in [1.807, 2.05) is 12.1 Å². The van der Waals surface area contributed by atoms with Gasteiger partial charge in [0.05, 0.1) is 12.1 Å². The minimum Gasteiger partial charge on any atom is -0.320 e. The standard InChI is InChI=1S/C15H19FN4O/c1-19-7-9-20(10-8-19)18-15(21)13-5-4-12(3-2-6-17)14(16)11-13/h4-5,11H,6-10,17H2,1H3,(H,18,21). The SMILES string of the molecule is CN1CCN(NC(=O)c2ccc(C#CCN)c(F)c2)CC1. The maximum absolute atomic E-state index is 13.8.